The summed E-state index contributed by atoms with van der Waals surface area (Å²) in [4.78, 5) is 24.3. The molecule has 0 unspecified atom stereocenters. The fourth-order valence-electron chi connectivity index (χ4n) is 2.49. The lowest BCUT2D eigenvalue weighted by Gasteiger charge is -2.38. The molecule has 0 aliphatic rings. The molecule has 0 spiro atoms. The van der Waals surface area contributed by atoms with Crippen LogP contribution in [0.2, 0.25) is 18.1 Å². The Labute approximate surface area is 160 Å². The van der Waals surface area contributed by atoms with Gasteiger partial charge in [0.2, 0.25) is 0 Å². The normalized spacial score (nSPS) is 15.2. The number of rotatable bonds is 10. The highest BCUT2D eigenvalue weighted by molar-refractivity contribution is 6.74. The number of allylic oxidation sites excluding steroid dienone is 1. The number of ether oxygens (including phenoxy) is 2. The van der Waals surface area contributed by atoms with Crippen molar-refractivity contribution >= 4 is 20.3 Å². The Morgan fingerprint density at radius 1 is 1.04 bits per heavy atom. The smallest absolute Gasteiger partial charge is 0.320 e. The quantitative estimate of drug-likeness (QED) is 0.235. The average molecular weight is 387 g/mol. The highest BCUT2D eigenvalue weighted by Crippen LogP contribution is 2.37. The fourth-order valence-corrected chi connectivity index (χ4v) is 3.86. The van der Waals surface area contributed by atoms with Crippen LogP contribution in [0.5, 0.6) is 0 Å². The minimum Gasteiger partial charge on any atom is -0.468 e. The molecule has 0 fully saturated rings. The lowest BCUT2D eigenvalue weighted by molar-refractivity contribution is -0.160. The van der Waals surface area contributed by atoms with E-state index in [1.54, 1.807) is 0 Å². The Kier molecular flexibility index (Phi) is 10.4. The molecule has 26 heavy (non-hydrogen) atoms. The van der Waals surface area contributed by atoms with Crippen LogP contribution < -0.4 is 0 Å². The number of hydrogen-bond acceptors (Lipinski definition) is 5. The lowest BCUT2D eigenvalue weighted by atomic mass is 9.87. The molecule has 0 saturated heterocycles. The molecule has 0 N–H and O–H groups in total. The first-order valence-electron chi connectivity index (χ1n) is 9.43. The van der Waals surface area contributed by atoms with E-state index in [1.807, 2.05) is 19.1 Å². The second kappa shape index (κ2) is 10.9. The predicted octanol–water partition coefficient (Wildman–Crippen LogP) is 4.72. The van der Waals surface area contributed by atoms with E-state index in [2.05, 4.69) is 40.8 Å². The monoisotopic (exact) mass is 386 g/mol. The molecule has 152 valence electrons. The Bertz CT molecular complexity index is 463. The molecule has 0 aliphatic heterocycles. The van der Waals surface area contributed by atoms with Crippen LogP contribution in [0.15, 0.2) is 12.2 Å². The van der Waals surface area contributed by atoms with Crippen LogP contribution in [-0.2, 0) is 23.5 Å². The van der Waals surface area contributed by atoms with Crippen LogP contribution in [0.1, 0.15) is 53.9 Å². The van der Waals surface area contributed by atoms with Gasteiger partial charge in [0.25, 0.3) is 0 Å². The molecule has 0 aromatic carbocycles. The fraction of sp³-hybridized carbons (Fsp3) is 0.800. The highest BCUT2D eigenvalue weighted by atomic mass is 28.4. The van der Waals surface area contributed by atoms with Crippen molar-refractivity contribution in [3.8, 4) is 0 Å². The zero-order chi connectivity index (χ0) is 20.5. The van der Waals surface area contributed by atoms with Crippen molar-refractivity contribution in [2.45, 2.75) is 78.1 Å². The Hall–Kier alpha value is -1.14. The third kappa shape index (κ3) is 7.62. The predicted molar refractivity (Wildman–Crippen MR) is 107 cm³/mol. The number of carbonyl (C=O) groups is 2. The summed E-state index contributed by atoms with van der Waals surface area (Å²) in [5.74, 6) is -2.31. The summed E-state index contributed by atoms with van der Waals surface area (Å²) < 4.78 is 16.0. The highest BCUT2D eigenvalue weighted by Gasteiger charge is 2.38. The summed E-state index contributed by atoms with van der Waals surface area (Å²) in [5.41, 5.74) is 0. The van der Waals surface area contributed by atoms with Gasteiger partial charge in [0.1, 0.15) is 0 Å². The molecule has 0 saturated carbocycles. The van der Waals surface area contributed by atoms with Crippen LogP contribution in [0.25, 0.3) is 0 Å². The maximum Gasteiger partial charge on any atom is 0.320 e. The molecule has 0 aromatic heterocycles. The van der Waals surface area contributed by atoms with Gasteiger partial charge in [-0.15, -0.1) is 0 Å². The second-order valence-electron chi connectivity index (χ2n) is 8.30. The number of esters is 2. The van der Waals surface area contributed by atoms with E-state index < -0.39 is 26.2 Å². The van der Waals surface area contributed by atoms with Gasteiger partial charge in [-0.2, -0.15) is 0 Å². The van der Waals surface area contributed by atoms with Crippen LogP contribution >= 0.6 is 0 Å². The van der Waals surface area contributed by atoms with E-state index >= 15 is 0 Å². The van der Waals surface area contributed by atoms with E-state index in [1.165, 1.54) is 14.2 Å². The van der Waals surface area contributed by atoms with E-state index in [0.29, 0.717) is 6.42 Å². The van der Waals surface area contributed by atoms with Gasteiger partial charge in [-0.1, -0.05) is 52.7 Å². The largest absolute Gasteiger partial charge is 0.468 e. The maximum atomic E-state index is 12.1. The summed E-state index contributed by atoms with van der Waals surface area (Å²) in [6, 6.07) is 0. The molecular weight excluding hydrogens is 348 g/mol. The molecule has 0 aromatic rings. The molecule has 6 heteroatoms. The zero-order valence-corrected chi connectivity index (χ0v) is 19.0. The van der Waals surface area contributed by atoms with Crippen LogP contribution in [-0.4, -0.2) is 40.6 Å². The first-order chi connectivity index (χ1) is 11.9. The van der Waals surface area contributed by atoms with Gasteiger partial charge in [-0.05, 0) is 31.5 Å². The molecule has 0 bridgehead atoms. The van der Waals surface area contributed by atoms with Gasteiger partial charge in [-0.25, -0.2) is 0 Å². The van der Waals surface area contributed by atoms with Crippen LogP contribution in [0.4, 0.5) is 0 Å². The van der Waals surface area contributed by atoms with Gasteiger partial charge in [-0.3, -0.25) is 9.59 Å². The lowest BCUT2D eigenvalue weighted by Crippen LogP contribution is -2.43. The molecule has 0 heterocycles. The third-order valence-corrected chi connectivity index (χ3v) is 9.72. The molecule has 0 radical (unpaired) electrons. The summed E-state index contributed by atoms with van der Waals surface area (Å²) in [5, 5.41) is 0.122. The van der Waals surface area contributed by atoms with Crippen LogP contribution in [0.3, 0.4) is 0 Å². The molecule has 0 amide bonds. The number of carbonyl (C=O) groups excluding carboxylic acids is 2. The van der Waals surface area contributed by atoms with Crippen molar-refractivity contribution in [2.75, 3.05) is 14.2 Å². The molecular formula is C20H38O5Si. The summed E-state index contributed by atoms with van der Waals surface area (Å²) in [6.07, 6.45) is 6.41. The van der Waals surface area contributed by atoms with Gasteiger partial charge in [0.05, 0.1) is 20.3 Å². The standard InChI is InChI=1S/C20H38O5Si/c1-10-11-12-16(17(18(21)23-6)19(22)24-7)14-13-15(2)25-26(8,9)20(3,4)5/h13-17H,10-12H2,1-9H3/b14-13+/t15-,16-/m1/s1. The van der Waals surface area contributed by atoms with E-state index in [4.69, 9.17) is 13.9 Å². The Balaban J connectivity index is 5.38. The summed E-state index contributed by atoms with van der Waals surface area (Å²) >= 11 is 0. The first kappa shape index (κ1) is 24.9. The summed E-state index contributed by atoms with van der Waals surface area (Å²) in [7, 11) is 0.703. The van der Waals surface area contributed by atoms with Crippen molar-refractivity contribution in [1.29, 1.82) is 0 Å². The molecule has 0 rings (SSSR count). The van der Waals surface area contributed by atoms with Crippen molar-refractivity contribution in [1.82, 2.24) is 0 Å². The van der Waals surface area contributed by atoms with E-state index in [-0.39, 0.29) is 17.1 Å². The SMILES string of the molecule is CCCC[C@H](/C=C/[C@@H](C)O[Si](C)(C)C(C)(C)C)C(C(=O)OC)C(=O)OC. The molecule has 0 aliphatic carbocycles. The number of methoxy groups -OCH3 is 2. The third-order valence-electron chi connectivity index (χ3n) is 5.15. The zero-order valence-electron chi connectivity index (χ0n) is 18.0. The minimum absolute atomic E-state index is 0.0871. The first-order valence-corrected chi connectivity index (χ1v) is 12.3. The van der Waals surface area contributed by atoms with Crippen molar-refractivity contribution in [3.63, 3.8) is 0 Å². The van der Waals surface area contributed by atoms with Gasteiger partial charge in [0.15, 0.2) is 14.2 Å². The van der Waals surface area contributed by atoms with Crippen molar-refractivity contribution in [3.05, 3.63) is 12.2 Å². The maximum absolute atomic E-state index is 12.1. The van der Waals surface area contributed by atoms with E-state index in [0.717, 1.165) is 12.8 Å². The Morgan fingerprint density at radius 2 is 1.54 bits per heavy atom. The van der Waals surface area contributed by atoms with Gasteiger partial charge >= 0.3 is 11.9 Å². The Morgan fingerprint density at radius 3 is 1.92 bits per heavy atom. The topological polar surface area (TPSA) is 61.8 Å². The van der Waals surface area contributed by atoms with Gasteiger partial charge < -0.3 is 13.9 Å². The van der Waals surface area contributed by atoms with Crippen molar-refractivity contribution in [2.24, 2.45) is 11.8 Å². The van der Waals surface area contributed by atoms with Gasteiger partial charge in [0, 0.05) is 5.92 Å². The minimum atomic E-state index is -1.88. The average Bonchev–Trinajstić information content (AvgIpc) is 2.54. The van der Waals surface area contributed by atoms with E-state index in [9.17, 15) is 9.59 Å². The number of hydrogen-bond donors (Lipinski definition) is 0. The van der Waals surface area contributed by atoms with Crippen LogP contribution in [0, 0.1) is 11.8 Å². The molecule has 5 nitrogen and oxygen atoms in total. The second-order valence-corrected chi connectivity index (χ2v) is 13.1. The van der Waals surface area contributed by atoms with Crippen molar-refractivity contribution < 1.29 is 23.5 Å². The molecule has 2 atom stereocenters. The summed E-state index contributed by atoms with van der Waals surface area (Å²) in [6.45, 7) is 15.1. The number of unbranched alkanes of at least 4 members (excludes halogenated alkanes) is 1.